The average molecular weight is 416 g/mol. The highest BCUT2D eigenvalue weighted by molar-refractivity contribution is 7.14. The lowest BCUT2D eigenvalue weighted by molar-refractivity contribution is -0.139. The zero-order chi connectivity index (χ0) is 19.9. The Morgan fingerprint density at radius 2 is 1.75 bits per heavy atom. The van der Waals surface area contributed by atoms with E-state index in [9.17, 15) is 4.79 Å². The quantitative estimate of drug-likeness (QED) is 0.630. The second-order valence-corrected chi connectivity index (χ2v) is 9.15. The Morgan fingerprint density at radius 1 is 1.07 bits per heavy atom. The maximum atomic E-state index is 12.5. The molecule has 1 fully saturated rings. The molecule has 6 nitrogen and oxygen atoms in total. The zero-order valence-corrected chi connectivity index (χ0v) is 17.7. The molecule has 8 heteroatoms. The normalized spacial score (nSPS) is 15.3. The van der Waals surface area contributed by atoms with Crippen molar-refractivity contribution in [3.8, 4) is 11.3 Å². The Kier molecular flexibility index (Phi) is 4.97. The fourth-order valence-corrected chi connectivity index (χ4v) is 4.37. The molecule has 1 aliphatic heterocycles. The highest BCUT2D eigenvalue weighted by atomic mass is 35.5. The lowest BCUT2D eigenvalue weighted by Crippen LogP contribution is -2.51. The van der Waals surface area contributed by atoms with Gasteiger partial charge in [0.2, 0.25) is 5.91 Å². The van der Waals surface area contributed by atoms with Crippen molar-refractivity contribution in [2.75, 3.05) is 31.1 Å². The number of carbonyl (C=O) groups excluding carboxylic acids is 1. The van der Waals surface area contributed by atoms with E-state index in [2.05, 4.69) is 19.2 Å². The predicted octanol–water partition coefficient (Wildman–Crippen LogP) is 4.10. The molecule has 3 heterocycles. The van der Waals surface area contributed by atoms with Gasteiger partial charge in [-0.1, -0.05) is 44.5 Å². The SMILES string of the molecule is CC(C)(C)C(=O)N1CCN(c2ncnc3c(-c4ccc(Cl)cc4)nsc23)CC1. The van der Waals surface area contributed by atoms with Crippen molar-refractivity contribution in [3.05, 3.63) is 35.6 Å². The number of piperazine rings is 1. The van der Waals surface area contributed by atoms with E-state index in [0.29, 0.717) is 18.1 Å². The summed E-state index contributed by atoms with van der Waals surface area (Å²) in [7, 11) is 0. The summed E-state index contributed by atoms with van der Waals surface area (Å²) in [5, 5.41) is 0.696. The van der Waals surface area contributed by atoms with Crippen LogP contribution in [0.4, 0.5) is 5.82 Å². The van der Waals surface area contributed by atoms with E-state index in [-0.39, 0.29) is 11.3 Å². The van der Waals surface area contributed by atoms with Gasteiger partial charge in [0.25, 0.3) is 0 Å². The molecular weight excluding hydrogens is 394 g/mol. The van der Waals surface area contributed by atoms with E-state index in [1.54, 1.807) is 6.33 Å². The van der Waals surface area contributed by atoms with Crippen LogP contribution in [0.15, 0.2) is 30.6 Å². The summed E-state index contributed by atoms with van der Waals surface area (Å²) in [4.78, 5) is 25.7. The summed E-state index contributed by atoms with van der Waals surface area (Å²) in [6.45, 7) is 8.79. The molecule has 1 aliphatic rings. The van der Waals surface area contributed by atoms with Gasteiger partial charge in [0, 0.05) is 42.2 Å². The first-order chi connectivity index (χ1) is 13.3. The van der Waals surface area contributed by atoms with Crippen molar-refractivity contribution in [2.24, 2.45) is 5.41 Å². The van der Waals surface area contributed by atoms with Crippen LogP contribution < -0.4 is 4.90 Å². The Labute approximate surface area is 173 Å². The van der Waals surface area contributed by atoms with E-state index in [1.165, 1.54) is 11.5 Å². The fourth-order valence-electron chi connectivity index (χ4n) is 3.37. The van der Waals surface area contributed by atoms with E-state index in [4.69, 9.17) is 11.6 Å². The van der Waals surface area contributed by atoms with Gasteiger partial charge in [-0.15, -0.1) is 0 Å². The molecule has 3 aromatic rings. The van der Waals surface area contributed by atoms with Crippen molar-refractivity contribution in [1.29, 1.82) is 0 Å². The molecule has 0 bridgehead atoms. The monoisotopic (exact) mass is 415 g/mol. The number of aromatic nitrogens is 3. The highest BCUT2D eigenvalue weighted by Crippen LogP contribution is 2.35. The van der Waals surface area contributed by atoms with E-state index < -0.39 is 0 Å². The molecule has 0 N–H and O–H groups in total. The molecule has 0 saturated carbocycles. The second kappa shape index (κ2) is 7.29. The Morgan fingerprint density at radius 3 is 2.39 bits per heavy atom. The summed E-state index contributed by atoms with van der Waals surface area (Å²) in [5.74, 6) is 1.09. The number of amides is 1. The van der Waals surface area contributed by atoms with Gasteiger partial charge >= 0.3 is 0 Å². The van der Waals surface area contributed by atoms with Crippen LogP contribution in [0.1, 0.15) is 20.8 Å². The molecular formula is C20H22ClN5OS. The van der Waals surface area contributed by atoms with Gasteiger partial charge < -0.3 is 9.80 Å². The number of fused-ring (bicyclic) bond motifs is 1. The topological polar surface area (TPSA) is 62.2 Å². The minimum atomic E-state index is -0.352. The first kappa shape index (κ1) is 19.1. The third kappa shape index (κ3) is 3.56. The van der Waals surface area contributed by atoms with Crippen LogP contribution in [-0.2, 0) is 4.79 Å². The standard InChI is InChI=1S/C20H22ClN5OS/c1-20(2,3)19(27)26-10-8-25(9-11-26)18-17-16(22-12-23-18)15(24-28-17)13-4-6-14(21)7-5-13/h4-7,12H,8-11H2,1-3H3. The van der Waals surface area contributed by atoms with Gasteiger partial charge in [-0.05, 0) is 23.7 Å². The Bertz CT molecular complexity index is 1000. The average Bonchev–Trinajstić information content (AvgIpc) is 3.12. The summed E-state index contributed by atoms with van der Waals surface area (Å²) in [6, 6.07) is 7.62. The van der Waals surface area contributed by atoms with Gasteiger partial charge in [-0.2, -0.15) is 4.37 Å². The molecule has 0 spiro atoms. The molecule has 0 atom stereocenters. The number of carbonyl (C=O) groups is 1. The van der Waals surface area contributed by atoms with Crippen LogP contribution in [0.3, 0.4) is 0 Å². The third-order valence-corrected chi connectivity index (χ3v) is 5.95. The molecule has 0 aliphatic carbocycles. The Balaban J connectivity index is 1.59. The lowest BCUT2D eigenvalue weighted by atomic mass is 9.94. The molecule has 28 heavy (non-hydrogen) atoms. The number of hydrogen-bond acceptors (Lipinski definition) is 6. The number of benzene rings is 1. The van der Waals surface area contributed by atoms with E-state index >= 15 is 0 Å². The van der Waals surface area contributed by atoms with Gasteiger partial charge in [0.15, 0.2) is 5.82 Å². The summed E-state index contributed by atoms with van der Waals surface area (Å²) < 4.78 is 5.61. The van der Waals surface area contributed by atoms with Crippen LogP contribution in [0.25, 0.3) is 21.5 Å². The van der Waals surface area contributed by atoms with Crippen LogP contribution in [-0.4, -0.2) is 51.3 Å². The molecule has 4 rings (SSSR count). The minimum absolute atomic E-state index is 0.197. The van der Waals surface area contributed by atoms with E-state index in [1.807, 2.05) is 49.9 Å². The van der Waals surface area contributed by atoms with E-state index in [0.717, 1.165) is 40.4 Å². The number of rotatable bonds is 2. The van der Waals surface area contributed by atoms with Crippen LogP contribution >= 0.6 is 23.1 Å². The summed E-state index contributed by atoms with van der Waals surface area (Å²) in [5.41, 5.74) is 2.34. The van der Waals surface area contributed by atoms with Crippen LogP contribution in [0.2, 0.25) is 5.02 Å². The highest BCUT2D eigenvalue weighted by Gasteiger charge is 2.30. The molecule has 146 valence electrons. The van der Waals surface area contributed by atoms with Crippen molar-refractivity contribution >= 4 is 45.1 Å². The largest absolute Gasteiger partial charge is 0.352 e. The Hall–Kier alpha value is -2.25. The maximum Gasteiger partial charge on any atom is 0.228 e. The number of halogens is 1. The number of nitrogens with zero attached hydrogens (tertiary/aromatic N) is 5. The van der Waals surface area contributed by atoms with Gasteiger partial charge in [-0.3, -0.25) is 4.79 Å². The van der Waals surface area contributed by atoms with Crippen molar-refractivity contribution in [1.82, 2.24) is 19.2 Å². The third-order valence-electron chi connectivity index (χ3n) is 4.86. The van der Waals surface area contributed by atoms with Crippen LogP contribution in [0.5, 0.6) is 0 Å². The first-order valence-corrected chi connectivity index (χ1v) is 10.4. The molecule has 2 aromatic heterocycles. The molecule has 0 radical (unpaired) electrons. The predicted molar refractivity (Wildman–Crippen MR) is 114 cm³/mol. The van der Waals surface area contributed by atoms with Crippen molar-refractivity contribution < 1.29 is 4.79 Å². The van der Waals surface area contributed by atoms with Crippen molar-refractivity contribution in [2.45, 2.75) is 20.8 Å². The summed E-state index contributed by atoms with van der Waals surface area (Å²) >= 11 is 7.42. The molecule has 1 amide bonds. The number of hydrogen-bond donors (Lipinski definition) is 0. The second-order valence-electron chi connectivity index (χ2n) is 7.94. The van der Waals surface area contributed by atoms with Gasteiger partial charge in [0.05, 0.1) is 0 Å². The van der Waals surface area contributed by atoms with Gasteiger partial charge in [-0.25, -0.2) is 9.97 Å². The van der Waals surface area contributed by atoms with Crippen molar-refractivity contribution in [3.63, 3.8) is 0 Å². The molecule has 1 aromatic carbocycles. The maximum absolute atomic E-state index is 12.5. The number of anilines is 1. The van der Waals surface area contributed by atoms with Gasteiger partial charge in [0.1, 0.15) is 22.2 Å². The molecule has 0 unspecified atom stereocenters. The summed E-state index contributed by atoms with van der Waals surface area (Å²) in [6.07, 6.45) is 1.60. The lowest BCUT2D eigenvalue weighted by Gasteiger charge is -2.38. The first-order valence-electron chi connectivity index (χ1n) is 9.25. The smallest absolute Gasteiger partial charge is 0.228 e. The molecule has 1 saturated heterocycles. The van der Waals surface area contributed by atoms with Crippen LogP contribution in [0, 0.1) is 5.41 Å². The fraction of sp³-hybridized carbons (Fsp3) is 0.400. The minimum Gasteiger partial charge on any atom is -0.352 e. The zero-order valence-electron chi connectivity index (χ0n) is 16.1.